The molecule has 0 N–H and O–H groups in total. The van der Waals surface area contributed by atoms with E-state index in [1.54, 1.807) is 13.8 Å². The van der Waals surface area contributed by atoms with Crippen LogP contribution < -0.4 is 0 Å². The number of Topliss-reactive ketones (excluding diaryl/α,β-unsaturated/α-hetero) is 1. The van der Waals surface area contributed by atoms with Crippen LogP contribution in [0.2, 0.25) is 0 Å². The van der Waals surface area contributed by atoms with Gasteiger partial charge in [0.05, 0.1) is 6.61 Å². The van der Waals surface area contributed by atoms with E-state index in [4.69, 9.17) is 4.74 Å². The van der Waals surface area contributed by atoms with Gasteiger partial charge in [-0.15, -0.1) is 0 Å². The van der Waals surface area contributed by atoms with Crippen molar-refractivity contribution < 1.29 is 14.3 Å². The maximum atomic E-state index is 11.9. The van der Waals surface area contributed by atoms with Gasteiger partial charge in [-0.2, -0.15) is 0 Å². The lowest BCUT2D eigenvalue weighted by Gasteiger charge is -2.11. The summed E-state index contributed by atoms with van der Waals surface area (Å²) in [7, 11) is 0. The van der Waals surface area contributed by atoms with E-state index in [9.17, 15) is 9.59 Å². The van der Waals surface area contributed by atoms with Crippen molar-refractivity contribution >= 4 is 11.8 Å². The molecule has 86 valence electrons. The highest BCUT2D eigenvalue weighted by Gasteiger charge is 2.27. The summed E-state index contributed by atoms with van der Waals surface area (Å²) in [5, 5.41) is 0. The molecule has 1 aromatic rings. The van der Waals surface area contributed by atoms with Gasteiger partial charge in [-0.25, -0.2) is 9.97 Å². The molecule has 1 rings (SSSR count). The molecule has 0 saturated heterocycles. The molecular weight excluding hydrogens is 208 g/mol. The Morgan fingerprint density at radius 2 is 2.19 bits per heavy atom. The van der Waals surface area contributed by atoms with Crippen LogP contribution in [0.5, 0.6) is 0 Å². The van der Waals surface area contributed by atoms with Gasteiger partial charge in [0, 0.05) is 6.20 Å². The summed E-state index contributed by atoms with van der Waals surface area (Å²) in [5.41, 5.74) is 0.245. The molecule has 5 heteroatoms. The maximum Gasteiger partial charge on any atom is 0.316 e. The Morgan fingerprint density at radius 3 is 2.69 bits per heavy atom. The van der Waals surface area contributed by atoms with Crippen molar-refractivity contribution in [3.05, 3.63) is 24.3 Å². The van der Waals surface area contributed by atoms with Crippen molar-refractivity contribution in [3.8, 4) is 0 Å². The number of ketones is 1. The van der Waals surface area contributed by atoms with Crippen LogP contribution in [0.4, 0.5) is 0 Å². The zero-order valence-electron chi connectivity index (χ0n) is 9.34. The van der Waals surface area contributed by atoms with Gasteiger partial charge in [0.1, 0.15) is 17.9 Å². The highest BCUT2D eigenvalue weighted by Crippen LogP contribution is 2.12. The zero-order chi connectivity index (χ0) is 12.0. The summed E-state index contributed by atoms with van der Waals surface area (Å²) in [5.74, 6) is -1.58. The van der Waals surface area contributed by atoms with Crippen LogP contribution >= 0.6 is 0 Å². The SMILES string of the molecule is CCOC(=O)C(CC)C(=O)c1ccncn1. The van der Waals surface area contributed by atoms with Crippen molar-refractivity contribution in [2.24, 2.45) is 5.92 Å². The first-order chi connectivity index (χ1) is 7.70. The molecule has 0 amide bonds. The van der Waals surface area contributed by atoms with Crippen LogP contribution in [0.25, 0.3) is 0 Å². The summed E-state index contributed by atoms with van der Waals surface area (Å²) in [6, 6.07) is 1.49. The molecule has 1 atom stereocenters. The summed E-state index contributed by atoms with van der Waals surface area (Å²) < 4.78 is 4.83. The molecule has 0 saturated carbocycles. The number of esters is 1. The predicted molar refractivity (Wildman–Crippen MR) is 56.8 cm³/mol. The lowest BCUT2D eigenvalue weighted by Crippen LogP contribution is -2.26. The molecule has 5 nitrogen and oxygen atoms in total. The number of hydrogen-bond donors (Lipinski definition) is 0. The maximum absolute atomic E-state index is 11.9. The molecule has 0 bridgehead atoms. The molecule has 0 aromatic carbocycles. The highest BCUT2D eigenvalue weighted by molar-refractivity contribution is 6.07. The van der Waals surface area contributed by atoms with E-state index in [2.05, 4.69) is 9.97 Å². The summed E-state index contributed by atoms with van der Waals surface area (Å²) in [4.78, 5) is 30.9. The Kier molecular flexibility index (Phi) is 4.57. The third kappa shape index (κ3) is 2.85. The Labute approximate surface area is 93.9 Å². The number of carbonyl (C=O) groups is 2. The van der Waals surface area contributed by atoms with E-state index in [0.29, 0.717) is 6.42 Å². The number of rotatable bonds is 5. The smallest absolute Gasteiger partial charge is 0.316 e. The Morgan fingerprint density at radius 1 is 1.44 bits per heavy atom. The Balaban J connectivity index is 2.82. The molecule has 0 aliphatic carbocycles. The van der Waals surface area contributed by atoms with Crippen molar-refractivity contribution in [2.75, 3.05) is 6.61 Å². The average molecular weight is 222 g/mol. The second-order valence-corrected chi connectivity index (χ2v) is 3.17. The second-order valence-electron chi connectivity index (χ2n) is 3.17. The largest absolute Gasteiger partial charge is 0.465 e. The van der Waals surface area contributed by atoms with Gasteiger partial charge in [-0.3, -0.25) is 9.59 Å². The molecular formula is C11H14N2O3. The lowest BCUT2D eigenvalue weighted by molar-refractivity contribution is -0.146. The molecule has 1 unspecified atom stereocenters. The molecule has 1 heterocycles. The summed E-state index contributed by atoms with van der Waals surface area (Å²) >= 11 is 0. The first kappa shape index (κ1) is 12.3. The van der Waals surface area contributed by atoms with Gasteiger partial charge < -0.3 is 4.74 Å². The normalized spacial score (nSPS) is 11.9. The van der Waals surface area contributed by atoms with Crippen LogP contribution in [0.15, 0.2) is 18.6 Å². The molecule has 0 aliphatic rings. The molecule has 16 heavy (non-hydrogen) atoms. The van der Waals surface area contributed by atoms with Crippen molar-refractivity contribution in [3.63, 3.8) is 0 Å². The van der Waals surface area contributed by atoms with Crippen LogP contribution in [-0.2, 0) is 9.53 Å². The second kappa shape index (κ2) is 5.95. The third-order valence-corrected chi connectivity index (χ3v) is 2.13. The number of aromatic nitrogens is 2. The van der Waals surface area contributed by atoms with Crippen LogP contribution in [0, 0.1) is 5.92 Å². The zero-order valence-corrected chi connectivity index (χ0v) is 9.34. The molecule has 0 radical (unpaired) electrons. The van der Waals surface area contributed by atoms with E-state index in [0.717, 1.165) is 0 Å². The monoisotopic (exact) mass is 222 g/mol. The molecule has 0 fully saturated rings. The standard InChI is InChI=1S/C11H14N2O3/c1-3-8(11(15)16-4-2)10(14)9-5-6-12-7-13-9/h5-8H,3-4H2,1-2H3. The fourth-order valence-electron chi connectivity index (χ4n) is 1.32. The summed E-state index contributed by atoms with van der Waals surface area (Å²) in [6.45, 7) is 3.74. The number of hydrogen-bond acceptors (Lipinski definition) is 5. The number of carbonyl (C=O) groups excluding carboxylic acids is 2. The van der Waals surface area contributed by atoms with Crippen molar-refractivity contribution in [1.29, 1.82) is 0 Å². The van der Waals surface area contributed by atoms with Gasteiger partial charge in [-0.1, -0.05) is 6.92 Å². The fourth-order valence-corrected chi connectivity index (χ4v) is 1.32. The lowest BCUT2D eigenvalue weighted by atomic mass is 9.99. The summed E-state index contributed by atoms with van der Waals surface area (Å²) in [6.07, 6.45) is 3.16. The van der Waals surface area contributed by atoms with Gasteiger partial charge in [-0.05, 0) is 19.4 Å². The van der Waals surface area contributed by atoms with Gasteiger partial charge in [0.2, 0.25) is 0 Å². The van der Waals surface area contributed by atoms with E-state index in [1.165, 1.54) is 18.6 Å². The van der Waals surface area contributed by atoms with Crippen LogP contribution in [0.1, 0.15) is 30.8 Å². The molecule has 0 spiro atoms. The first-order valence-corrected chi connectivity index (χ1v) is 5.17. The minimum absolute atomic E-state index is 0.245. The van der Waals surface area contributed by atoms with Gasteiger partial charge in [0.15, 0.2) is 5.78 Å². The number of nitrogens with zero attached hydrogens (tertiary/aromatic N) is 2. The number of ether oxygens (including phenoxy) is 1. The Bertz CT molecular complexity index is 365. The van der Waals surface area contributed by atoms with E-state index in [1.807, 2.05) is 0 Å². The van der Waals surface area contributed by atoms with E-state index >= 15 is 0 Å². The minimum atomic E-state index is -0.769. The van der Waals surface area contributed by atoms with E-state index in [-0.39, 0.29) is 18.1 Å². The average Bonchev–Trinajstić information content (AvgIpc) is 2.31. The van der Waals surface area contributed by atoms with Gasteiger partial charge >= 0.3 is 5.97 Å². The predicted octanol–water partition coefficient (Wildman–Crippen LogP) is 1.25. The topological polar surface area (TPSA) is 69.2 Å². The van der Waals surface area contributed by atoms with Gasteiger partial charge in [0.25, 0.3) is 0 Å². The Hall–Kier alpha value is -1.78. The third-order valence-electron chi connectivity index (χ3n) is 2.13. The first-order valence-electron chi connectivity index (χ1n) is 5.17. The van der Waals surface area contributed by atoms with Crippen molar-refractivity contribution in [1.82, 2.24) is 9.97 Å². The molecule has 1 aromatic heterocycles. The van der Waals surface area contributed by atoms with Crippen molar-refractivity contribution in [2.45, 2.75) is 20.3 Å². The quantitative estimate of drug-likeness (QED) is 0.426. The van der Waals surface area contributed by atoms with Crippen LogP contribution in [-0.4, -0.2) is 28.3 Å². The molecule has 0 aliphatic heterocycles. The van der Waals surface area contributed by atoms with E-state index < -0.39 is 11.9 Å². The fraction of sp³-hybridized carbons (Fsp3) is 0.455. The van der Waals surface area contributed by atoms with Crippen LogP contribution in [0.3, 0.4) is 0 Å². The minimum Gasteiger partial charge on any atom is -0.465 e. The highest BCUT2D eigenvalue weighted by atomic mass is 16.5.